The molecule has 0 bridgehead atoms. The van der Waals surface area contributed by atoms with E-state index in [0.29, 0.717) is 0 Å². The van der Waals surface area contributed by atoms with Gasteiger partial charge in [0.05, 0.1) is 0 Å². The van der Waals surface area contributed by atoms with Crippen molar-refractivity contribution >= 4 is 0 Å². The van der Waals surface area contributed by atoms with Gasteiger partial charge in [0.25, 0.3) is 0 Å². The third-order valence-corrected chi connectivity index (χ3v) is 7.67. The van der Waals surface area contributed by atoms with Gasteiger partial charge in [-0.3, -0.25) is 0 Å². The number of aryl methyl sites for hydroxylation is 6. The van der Waals surface area contributed by atoms with Crippen LogP contribution in [-0.4, -0.2) is 0 Å². The van der Waals surface area contributed by atoms with Crippen molar-refractivity contribution < 1.29 is 0 Å². The van der Waals surface area contributed by atoms with Gasteiger partial charge < -0.3 is 0 Å². The van der Waals surface area contributed by atoms with Crippen molar-refractivity contribution in [2.24, 2.45) is 0 Å². The Morgan fingerprint density at radius 2 is 1.16 bits per heavy atom. The fourth-order valence-electron chi connectivity index (χ4n) is 5.41. The molecule has 0 saturated heterocycles. The highest BCUT2D eigenvalue weighted by atomic mass is 14.4. The smallest absolute Gasteiger partial charge is 0.0435 e. The minimum absolute atomic E-state index is 0.105. The molecule has 0 unspecified atom stereocenters. The maximum Gasteiger partial charge on any atom is 0.0435 e. The summed E-state index contributed by atoms with van der Waals surface area (Å²) in [5.74, 6) is 0. The van der Waals surface area contributed by atoms with Crippen molar-refractivity contribution in [1.82, 2.24) is 0 Å². The molecule has 4 rings (SSSR count). The van der Waals surface area contributed by atoms with Crippen LogP contribution in [0.15, 0.2) is 42.5 Å². The molecular formula is C31H38. The topological polar surface area (TPSA) is 0 Å². The normalized spacial score (nSPS) is 13.9. The Labute approximate surface area is 189 Å². The van der Waals surface area contributed by atoms with Gasteiger partial charge in [0.15, 0.2) is 0 Å². The van der Waals surface area contributed by atoms with E-state index in [-0.39, 0.29) is 5.41 Å². The third kappa shape index (κ3) is 3.75. The second-order valence-corrected chi connectivity index (χ2v) is 10.1. The molecule has 0 heteroatoms. The first-order valence-corrected chi connectivity index (χ1v) is 12.1. The minimum atomic E-state index is -0.105. The highest BCUT2D eigenvalue weighted by Gasteiger charge is 2.41. The number of hydrogen-bond donors (Lipinski definition) is 0. The molecule has 1 aliphatic rings. The fourth-order valence-corrected chi connectivity index (χ4v) is 5.41. The molecular weight excluding hydrogens is 372 g/mol. The van der Waals surface area contributed by atoms with Gasteiger partial charge in [-0.2, -0.15) is 0 Å². The lowest BCUT2D eigenvalue weighted by atomic mass is 9.72. The van der Waals surface area contributed by atoms with Crippen molar-refractivity contribution in [3.05, 3.63) is 92.5 Å². The van der Waals surface area contributed by atoms with E-state index in [1.54, 1.807) is 0 Å². The van der Waals surface area contributed by atoms with Crippen LogP contribution >= 0.6 is 0 Å². The van der Waals surface area contributed by atoms with E-state index < -0.39 is 0 Å². The first-order valence-electron chi connectivity index (χ1n) is 12.1. The lowest BCUT2D eigenvalue weighted by Gasteiger charge is -2.30. The van der Waals surface area contributed by atoms with Crippen LogP contribution in [0.5, 0.6) is 0 Å². The summed E-state index contributed by atoms with van der Waals surface area (Å²) < 4.78 is 0. The van der Waals surface area contributed by atoms with Gasteiger partial charge in [-0.25, -0.2) is 0 Å². The fraction of sp³-hybridized carbons (Fsp3) is 0.419. The summed E-state index contributed by atoms with van der Waals surface area (Å²) >= 11 is 0. The Morgan fingerprint density at radius 1 is 0.613 bits per heavy atom. The Balaban J connectivity index is 1.90. The van der Waals surface area contributed by atoms with Crippen LogP contribution in [0.1, 0.15) is 89.6 Å². The zero-order valence-electron chi connectivity index (χ0n) is 20.6. The summed E-state index contributed by atoms with van der Waals surface area (Å²) in [5.41, 5.74) is 15.6. The Kier molecular flexibility index (Phi) is 5.86. The van der Waals surface area contributed by atoms with Gasteiger partial charge in [-0.1, -0.05) is 74.2 Å². The lowest BCUT2D eigenvalue weighted by Crippen LogP contribution is -2.23. The van der Waals surface area contributed by atoms with Gasteiger partial charge in [-0.05, 0) is 110 Å². The molecule has 0 radical (unpaired) electrons. The van der Waals surface area contributed by atoms with Crippen LogP contribution in [0, 0.1) is 34.6 Å². The Bertz CT molecular complexity index is 1070. The highest BCUT2D eigenvalue weighted by Crippen LogP contribution is 2.53. The molecule has 0 aromatic heterocycles. The molecule has 0 spiro atoms. The zero-order valence-corrected chi connectivity index (χ0v) is 20.6. The predicted molar refractivity (Wildman–Crippen MR) is 135 cm³/mol. The van der Waals surface area contributed by atoms with Crippen LogP contribution in [0.2, 0.25) is 0 Å². The van der Waals surface area contributed by atoms with Crippen molar-refractivity contribution in [2.75, 3.05) is 0 Å². The molecule has 0 N–H and O–H groups in total. The van der Waals surface area contributed by atoms with Crippen LogP contribution < -0.4 is 0 Å². The molecule has 31 heavy (non-hydrogen) atoms. The van der Waals surface area contributed by atoms with Crippen LogP contribution in [0.4, 0.5) is 0 Å². The van der Waals surface area contributed by atoms with Gasteiger partial charge in [-0.15, -0.1) is 0 Å². The third-order valence-electron chi connectivity index (χ3n) is 7.67. The van der Waals surface area contributed by atoms with Crippen molar-refractivity contribution in [2.45, 2.75) is 86.0 Å². The van der Waals surface area contributed by atoms with Crippen molar-refractivity contribution in [1.29, 1.82) is 0 Å². The van der Waals surface area contributed by atoms with E-state index >= 15 is 0 Å². The molecule has 162 valence electrons. The summed E-state index contributed by atoms with van der Waals surface area (Å²) in [6.45, 7) is 16.0. The van der Waals surface area contributed by atoms with Crippen LogP contribution in [0.3, 0.4) is 0 Å². The average molecular weight is 411 g/mol. The van der Waals surface area contributed by atoms with E-state index in [9.17, 15) is 0 Å². The molecule has 0 fully saturated rings. The lowest BCUT2D eigenvalue weighted by molar-refractivity contribution is 0.663. The Hall–Kier alpha value is -2.34. The van der Waals surface area contributed by atoms with E-state index in [1.165, 1.54) is 93.3 Å². The molecule has 3 aromatic carbocycles. The Morgan fingerprint density at radius 3 is 1.71 bits per heavy atom. The summed E-state index contributed by atoms with van der Waals surface area (Å²) in [6, 6.07) is 17.1. The predicted octanol–water partition coefficient (Wildman–Crippen LogP) is 8.69. The summed E-state index contributed by atoms with van der Waals surface area (Å²) in [7, 11) is 0. The average Bonchev–Trinajstić information content (AvgIpc) is 2.95. The van der Waals surface area contributed by atoms with Gasteiger partial charge in [0.2, 0.25) is 0 Å². The quantitative estimate of drug-likeness (QED) is 0.356. The van der Waals surface area contributed by atoms with E-state index in [4.69, 9.17) is 0 Å². The van der Waals surface area contributed by atoms with Gasteiger partial charge in [0.1, 0.15) is 0 Å². The SMILES string of the molecule is CCCCCCc1cc(C)cc(C2(C)c3cc(C)c(C)cc3-c3cc(C)c(C)cc32)c1. The standard InChI is InChI=1S/C31H38/c1-8-9-10-11-12-25-13-20(2)14-26(19-25)31(7)29-17-23(5)21(3)15-27(29)28-16-22(4)24(6)18-30(28)31/h13-19H,8-12H2,1-7H3. The summed E-state index contributed by atoms with van der Waals surface area (Å²) in [5, 5.41) is 0. The molecule has 0 aliphatic heterocycles. The number of unbranched alkanes of at least 4 members (excludes halogenated alkanes) is 3. The van der Waals surface area contributed by atoms with E-state index in [1.807, 2.05) is 0 Å². The number of hydrogen-bond acceptors (Lipinski definition) is 0. The summed E-state index contributed by atoms with van der Waals surface area (Å²) in [6.07, 6.45) is 6.44. The summed E-state index contributed by atoms with van der Waals surface area (Å²) in [4.78, 5) is 0. The molecule has 0 atom stereocenters. The first-order chi connectivity index (χ1) is 14.8. The maximum atomic E-state index is 2.50. The van der Waals surface area contributed by atoms with Gasteiger partial charge in [0, 0.05) is 5.41 Å². The van der Waals surface area contributed by atoms with Crippen molar-refractivity contribution in [3.63, 3.8) is 0 Å². The second-order valence-electron chi connectivity index (χ2n) is 10.1. The van der Waals surface area contributed by atoms with Crippen LogP contribution in [-0.2, 0) is 11.8 Å². The molecule has 1 aliphatic carbocycles. The monoisotopic (exact) mass is 410 g/mol. The molecule has 0 saturated carbocycles. The highest BCUT2D eigenvalue weighted by molar-refractivity contribution is 5.85. The van der Waals surface area contributed by atoms with E-state index in [2.05, 4.69) is 90.9 Å². The zero-order chi connectivity index (χ0) is 22.3. The molecule has 0 nitrogen and oxygen atoms in total. The minimum Gasteiger partial charge on any atom is -0.0654 e. The van der Waals surface area contributed by atoms with E-state index in [0.717, 1.165) is 0 Å². The molecule has 0 amide bonds. The maximum absolute atomic E-state index is 2.50. The molecule has 0 heterocycles. The van der Waals surface area contributed by atoms with Crippen molar-refractivity contribution in [3.8, 4) is 11.1 Å². The first kappa shape index (κ1) is 21.9. The number of benzene rings is 3. The van der Waals surface area contributed by atoms with Crippen LogP contribution in [0.25, 0.3) is 11.1 Å². The number of rotatable bonds is 6. The number of fused-ring (bicyclic) bond motifs is 3. The molecule has 3 aromatic rings. The largest absolute Gasteiger partial charge is 0.0654 e. The van der Waals surface area contributed by atoms with Gasteiger partial charge >= 0.3 is 0 Å². The second kappa shape index (κ2) is 8.30.